The fraction of sp³-hybridized carbons (Fsp3) is 0.259. The maximum atomic E-state index is 13.0. The highest BCUT2D eigenvalue weighted by molar-refractivity contribution is 5.91. The van der Waals surface area contributed by atoms with Crippen LogP contribution in [0.1, 0.15) is 45.8 Å². The number of piperidine rings is 1. The van der Waals surface area contributed by atoms with Crippen LogP contribution >= 0.6 is 0 Å². The van der Waals surface area contributed by atoms with E-state index in [4.69, 9.17) is 9.15 Å². The number of nitrogens with one attached hydrogen (secondary N) is 1. The molecule has 6 nitrogen and oxygen atoms in total. The number of ether oxygens (including phenoxy) is 1. The maximum absolute atomic E-state index is 13.0. The molecule has 2 amide bonds. The molecular weight excluding hydrogens is 416 g/mol. The van der Waals surface area contributed by atoms with E-state index in [1.165, 1.54) is 5.56 Å². The Hall–Kier alpha value is -3.98. The van der Waals surface area contributed by atoms with Crippen molar-refractivity contribution in [3.05, 3.63) is 88.9 Å². The van der Waals surface area contributed by atoms with Gasteiger partial charge in [0.2, 0.25) is 6.41 Å². The van der Waals surface area contributed by atoms with Crippen LogP contribution in [0.15, 0.2) is 65.1 Å². The summed E-state index contributed by atoms with van der Waals surface area (Å²) >= 11 is 0. The maximum Gasteiger partial charge on any atom is 0.289 e. The first-order valence-corrected chi connectivity index (χ1v) is 11.1. The molecular formula is C27H24N2O4. The minimum atomic E-state index is -0.110. The third-order valence-corrected chi connectivity index (χ3v) is 6.44. The predicted octanol–water partition coefficient (Wildman–Crippen LogP) is 3.49. The van der Waals surface area contributed by atoms with Crippen molar-refractivity contribution in [3.8, 4) is 17.6 Å². The number of hydrogen-bond donors (Lipinski definition) is 1. The van der Waals surface area contributed by atoms with Crippen LogP contribution in [0.2, 0.25) is 0 Å². The normalized spacial score (nSPS) is 15.8. The van der Waals surface area contributed by atoms with Crippen molar-refractivity contribution in [3.63, 3.8) is 0 Å². The van der Waals surface area contributed by atoms with E-state index in [1.807, 2.05) is 47.4 Å². The summed E-state index contributed by atoms with van der Waals surface area (Å²) in [6.07, 6.45) is 2.34. The molecule has 2 aromatic carbocycles. The zero-order valence-corrected chi connectivity index (χ0v) is 18.2. The van der Waals surface area contributed by atoms with Gasteiger partial charge in [0.05, 0.1) is 6.61 Å². The predicted molar refractivity (Wildman–Crippen MR) is 123 cm³/mol. The molecule has 33 heavy (non-hydrogen) atoms. The molecule has 1 saturated heterocycles. The molecule has 0 bridgehead atoms. The number of fused-ring (bicyclic) bond motifs is 2. The van der Waals surface area contributed by atoms with Crippen LogP contribution in [0.4, 0.5) is 0 Å². The van der Waals surface area contributed by atoms with Crippen LogP contribution in [0, 0.1) is 11.8 Å². The van der Waals surface area contributed by atoms with E-state index in [0.29, 0.717) is 44.2 Å². The quantitative estimate of drug-likeness (QED) is 0.498. The zero-order chi connectivity index (χ0) is 22.7. The minimum absolute atomic E-state index is 0.0984. The summed E-state index contributed by atoms with van der Waals surface area (Å²) in [5.74, 6) is 7.61. The molecule has 1 spiro atoms. The molecule has 3 aromatic rings. The van der Waals surface area contributed by atoms with Crippen LogP contribution in [-0.2, 0) is 16.8 Å². The lowest BCUT2D eigenvalue weighted by Crippen LogP contribution is -2.46. The Morgan fingerprint density at radius 2 is 1.88 bits per heavy atom. The number of rotatable bonds is 4. The van der Waals surface area contributed by atoms with Crippen molar-refractivity contribution in [1.29, 1.82) is 0 Å². The second kappa shape index (κ2) is 8.87. The lowest BCUT2D eigenvalue weighted by molar-refractivity contribution is -0.109. The van der Waals surface area contributed by atoms with E-state index in [-0.39, 0.29) is 11.3 Å². The molecule has 1 fully saturated rings. The molecule has 2 aliphatic rings. The number of carbonyl (C=O) groups is 2. The summed E-state index contributed by atoms with van der Waals surface area (Å²) in [6, 6.07) is 19.2. The molecule has 3 heterocycles. The molecule has 0 atom stereocenters. The first-order chi connectivity index (χ1) is 16.2. The molecule has 2 aliphatic heterocycles. The second-order valence-electron chi connectivity index (χ2n) is 8.47. The van der Waals surface area contributed by atoms with Crippen molar-refractivity contribution in [2.24, 2.45) is 0 Å². The number of furan rings is 1. The number of benzene rings is 2. The first kappa shape index (κ1) is 20.9. The molecule has 0 saturated carbocycles. The van der Waals surface area contributed by atoms with E-state index in [1.54, 1.807) is 12.1 Å². The molecule has 166 valence electrons. The van der Waals surface area contributed by atoms with E-state index < -0.39 is 0 Å². The average molecular weight is 440 g/mol. The van der Waals surface area contributed by atoms with Crippen LogP contribution in [0.25, 0.3) is 0 Å². The Bertz CT molecular complexity index is 1230. The standard InChI is InChI=1S/C27H24N2O4/c30-19-28-17-21-7-10-24-23(16-21)27(18-32-24)12-14-29(15-13-27)26(31)25-11-9-22(33-25)8-6-20-4-2-1-3-5-20/h1-5,7,9-11,16,19H,12-15,17-18H2,(H,28,30). The van der Waals surface area contributed by atoms with E-state index in [9.17, 15) is 9.59 Å². The van der Waals surface area contributed by atoms with Crippen LogP contribution in [0.3, 0.4) is 0 Å². The summed E-state index contributed by atoms with van der Waals surface area (Å²) in [5.41, 5.74) is 3.02. The Balaban J connectivity index is 1.25. The van der Waals surface area contributed by atoms with Gasteiger partial charge in [0.1, 0.15) is 5.75 Å². The minimum Gasteiger partial charge on any atom is -0.492 e. The summed E-state index contributed by atoms with van der Waals surface area (Å²) < 4.78 is 11.7. The van der Waals surface area contributed by atoms with Crippen LogP contribution < -0.4 is 10.1 Å². The van der Waals surface area contributed by atoms with Gasteiger partial charge >= 0.3 is 0 Å². The smallest absolute Gasteiger partial charge is 0.289 e. The fourth-order valence-corrected chi connectivity index (χ4v) is 4.56. The fourth-order valence-electron chi connectivity index (χ4n) is 4.56. The molecule has 0 unspecified atom stereocenters. The van der Waals surface area contributed by atoms with Gasteiger partial charge in [-0.2, -0.15) is 0 Å². The Morgan fingerprint density at radius 1 is 1.06 bits per heavy atom. The Morgan fingerprint density at radius 3 is 2.67 bits per heavy atom. The molecule has 0 aliphatic carbocycles. The molecule has 0 radical (unpaired) electrons. The molecule has 5 rings (SSSR count). The molecule has 1 N–H and O–H groups in total. The van der Waals surface area contributed by atoms with Gasteiger partial charge in [0.15, 0.2) is 11.5 Å². The van der Waals surface area contributed by atoms with Gasteiger partial charge in [-0.1, -0.05) is 30.2 Å². The largest absolute Gasteiger partial charge is 0.492 e. The number of nitrogens with zero attached hydrogens (tertiary/aromatic N) is 1. The molecule has 6 heteroatoms. The third kappa shape index (κ3) is 4.22. The van der Waals surface area contributed by atoms with Gasteiger partial charge in [-0.05, 0) is 60.7 Å². The number of amides is 2. The van der Waals surface area contributed by atoms with Crippen LogP contribution in [0.5, 0.6) is 5.75 Å². The van der Waals surface area contributed by atoms with E-state index in [2.05, 4.69) is 23.2 Å². The van der Waals surface area contributed by atoms with Crippen molar-refractivity contribution < 1.29 is 18.7 Å². The van der Waals surface area contributed by atoms with Gasteiger partial charge in [-0.3, -0.25) is 9.59 Å². The average Bonchev–Trinajstić information content (AvgIpc) is 3.48. The van der Waals surface area contributed by atoms with Crippen molar-refractivity contribution in [1.82, 2.24) is 10.2 Å². The summed E-state index contributed by atoms with van der Waals surface area (Å²) in [6.45, 7) is 2.37. The van der Waals surface area contributed by atoms with E-state index in [0.717, 1.165) is 29.7 Å². The molecule has 1 aromatic heterocycles. The number of hydrogen-bond acceptors (Lipinski definition) is 4. The highest BCUT2D eigenvalue weighted by atomic mass is 16.5. The zero-order valence-electron chi connectivity index (χ0n) is 18.2. The third-order valence-electron chi connectivity index (χ3n) is 6.44. The summed E-state index contributed by atoms with van der Waals surface area (Å²) in [5, 5.41) is 2.71. The topological polar surface area (TPSA) is 71.8 Å². The highest BCUT2D eigenvalue weighted by Gasteiger charge is 2.44. The Labute approximate surface area is 192 Å². The van der Waals surface area contributed by atoms with Crippen LogP contribution in [-0.4, -0.2) is 36.9 Å². The highest BCUT2D eigenvalue weighted by Crippen LogP contribution is 2.46. The lowest BCUT2D eigenvalue weighted by atomic mass is 9.74. The lowest BCUT2D eigenvalue weighted by Gasteiger charge is -2.38. The van der Waals surface area contributed by atoms with Gasteiger partial charge < -0.3 is 19.4 Å². The number of likely N-dealkylation sites (tertiary alicyclic amines) is 1. The number of carbonyl (C=O) groups excluding carboxylic acids is 2. The summed E-state index contributed by atoms with van der Waals surface area (Å²) in [4.78, 5) is 25.5. The SMILES string of the molecule is O=CNCc1ccc2c(c1)C1(CCN(C(=O)c3ccc(C#Cc4ccccc4)o3)CC1)CO2. The van der Waals surface area contributed by atoms with E-state index >= 15 is 0 Å². The van der Waals surface area contributed by atoms with Gasteiger partial charge in [0, 0.05) is 36.2 Å². The van der Waals surface area contributed by atoms with Crippen molar-refractivity contribution in [2.45, 2.75) is 24.8 Å². The van der Waals surface area contributed by atoms with Gasteiger partial charge in [0.25, 0.3) is 5.91 Å². The van der Waals surface area contributed by atoms with Crippen molar-refractivity contribution in [2.75, 3.05) is 19.7 Å². The first-order valence-electron chi connectivity index (χ1n) is 11.1. The van der Waals surface area contributed by atoms with Crippen molar-refractivity contribution >= 4 is 12.3 Å². The van der Waals surface area contributed by atoms with Gasteiger partial charge in [-0.25, -0.2) is 0 Å². The second-order valence-corrected chi connectivity index (χ2v) is 8.47. The van der Waals surface area contributed by atoms with Gasteiger partial charge in [-0.15, -0.1) is 0 Å². The monoisotopic (exact) mass is 440 g/mol. The summed E-state index contributed by atoms with van der Waals surface area (Å²) in [7, 11) is 0. The Kier molecular flexibility index (Phi) is 5.62.